The Morgan fingerprint density at radius 2 is 1.95 bits per heavy atom. The van der Waals surface area contributed by atoms with E-state index in [1.54, 1.807) is 0 Å². The van der Waals surface area contributed by atoms with Crippen molar-refractivity contribution in [1.82, 2.24) is 10.5 Å². The highest BCUT2D eigenvalue weighted by molar-refractivity contribution is 5.78. The lowest BCUT2D eigenvalue weighted by atomic mass is 9.63. The van der Waals surface area contributed by atoms with Gasteiger partial charge in [-0.3, -0.25) is 4.79 Å². The summed E-state index contributed by atoms with van der Waals surface area (Å²) in [5, 5.41) is 6.97. The predicted octanol–water partition coefficient (Wildman–Crippen LogP) is 3.25. The van der Waals surface area contributed by atoms with Gasteiger partial charge in [0.25, 0.3) is 0 Å². The largest absolute Gasteiger partial charge is 0.361 e. The molecule has 1 N–H and O–H groups in total. The third-order valence-electron chi connectivity index (χ3n) is 3.93. The first-order valence-corrected chi connectivity index (χ1v) is 7.37. The molecule has 0 aromatic carbocycles. The van der Waals surface area contributed by atoms with Crippen molar-refractivity contribution in [3.05, 3.63) is 17.5 Å². The van der Waals surface area contributed by atoms with Gasteiger partial charge in [-0.25, -0.2) is 0 Å². The molecule has 1 heterocycles. The molecule has 0 bridgehead atoms. The van der Waals surface area contributed by atoms with Crippen LogP contribution in [0.15, 0.2) is 10.6 Å². The van der Waals surface area contributed by atoms with Gasteiger partial charge in [0, 0.05) is 12.1 Å². The lowest BCUT2D eigenvalue weighted by molar-refractivity contribution is -0.122. The molecule has 0 aliphatic heterocycles. The van der Waals surface area contributed by atoms with E-state index in [9.17, 15) is 4.79 Å². The second-order valence-corrected chi connectivity index (χ2v) is 7.79. The maximum Gasteiger partial charge on any atom is 0.227 e. The quantitative estimate of drug-likeness (QED) is 0.923. The third kappa shape index (κ3) is 4.09. The lowest BCUT2D eigenvalue weighted by Gasteiger charge is -2.45. The van der Waals surface area contributed by atoms with Gasteiger partial charge in [-0.2, -0.15) is 0 Å². The molecule has 0 radical (unpaired) electrons. The van der Waals surface area contributed by atoms with Gasteiger partial charge in [0.05, 0.1) is 12.1 Å². The van der Waals surface area contributed by atoms with Gasteiger partial charge in [-0.1, -0.05) is 32.9 Å². The molecule has 1 aliphatic rings. The SMILES string of the molecule is Cc1cc(CC(=O)NC2CC(C)(C)CC(C)(C)C2)on1. The molecule has 1 aromatic heterocycles. The second kappa shape index (κ2) is 5.23. The molecule has 0 unspecified atom stereocenters. The van der Waals surface area contributed by atoms with Crippen LogP contribution in [0.4, 0.5) is 0 Å². The zero-order chi connectivity index (χ0) is 15.0. The van der Waals surface area contributed by atoms with E-state index in [1.807, 2.05) is 13.0 Å². The number of carbonyl (C=O) groups excluding carboxylic acids is 1. The Morgan fingerprint density at radius 3 is 2.45 bits per heavy atom. The predicted molar refractivity (Wildman–Crippen MR) is 78.3 cm³/mol. The highest BCUT2D eigenvalue weighted by Crippen LogP contribution is 2.45. The number of hydrogen-bond donors (Lipinski definition) is 1. The van der Waals surface area contributed by atoms with E-state index >= 15 is 0 Å². The Morgan fingerprint density at radius 1 is 1.35 bits per heavy atom. The van der Waals surface area contributed by atoms with Gasteiger partial charge in [0.15, 0.2) is 0 Å². The van der Waals surface area contributed by atoms with E-state index in [2.05, 4.69) is 38.2 Å². The maximum absolute atomic E-state index is 12.1. The Hall–Kier alpha value is -1.32. The summed E-state index contributed by atoms with van der Waals surface area (Å²) in [4.78, 5) is 12.1. The van der Waals surface area contributed by atoms with E-state index in [4.69, 9.17) is 4.52 Å². The molecule has 1 aliphatic carbocycles. The van der Waals surface area contributed by atoms with Gasteiger partial charge >= 0.3 is 0 Å². The fourth-order valence-corrected chi connectivity index (χ4v) is 3.88. The Labute approximate surface area is 121 Å². The van der Waals surface area contributed by atoms with E-state index in [1.165, 1.54) is 6.42 Å². The summed E-state index contributed by atoms with van der Waals surface area (Å²) < 4.78 is 5.10. The molecule has 1 amide bonds. The Balaban J connectivity index is 1.93. The van der Waals surface area contributed by atoms with Crippen LogP contribution in [0, 0.1) is 17.8 Å². The molecule has 0 saturated heterocycles. The molecular weight excluding hydrogens is 252 g/mol. The lowest BCUT2D eigenvalue weighted by Crippen LogP contribution is -2.46. The minimum absolute atomic E-state index is 0.0275. The molecular formula is C16H26N2O2. The van der Waals surface area contributed by atoms with Crippen molar-refractivity contribution in [2.45, 2.75) is 66.3 Å². The normalized spacial score (nSPS) is 21.6. The van der Waals surface area contributed by atoms with Gasteiger partial charge < -0.3 is 9.84 Å². The monoisotopic (exact) mass is 278 g/mol. The summed E-state index contributed by atoms with van der Waals surface area (Å²) in [5.74, 6) is 0.661. The van der Waals surface area contributed by atoms with Crippen molar-refractivity contribution >= 4 is 5.91 Å². The topological polar surface area (TPSA) is 55.1 Å². The first-order chi connectivity index (χ1) is 9.15. The highest BCUT2D eigenvalue weighted by atomic mass is 16.5. The first kappa shape index (κ1) is 15.1. The van der Waals surface area contributed by atoms with Gasteiger partial charge in [0.1, 0.15) is 5.76 Å². The van der Waals surface area contributed by atoms with Crippen molar-refractivity contribution < 1.29 is 9.32 Å². The van der Waals surface area contributed by atoms with Crippen LogP contribution in [-0.4, -0.2) is 17.1 Å². The van der Waals surface area contributed by atoms with E-state index < -0.39 is 0 Å². The summed E-state index contributed by atoms with van der Waals surface area (Å²) in [7, 11) is 0. The number of rotatable bonds is 3. The molecule has 112 valence electrons. The number of carbonyl (C=O) groups is 1. The molecule has 0 spiro atoms. The molecule has 0 atom stereocenters. The number of hydrogen-bond acceptors (Lipinski definition) is 3. The zero-order valence-corrected chi connectivity index (χ0v) is 13.2. The van der Waals surface area contributed by atoms with Gasteiger partial charge in [-0.15, -0.1) is 0 Å². The summed E-state index contributed by atoms with van der Waals surface area (Å²) in [6.45, 7) is 11.0. The zero-order valence-electron chi connectivity index (χ0n) is 13.2. The fourth-order valence-electron chi connectivity index (χ4n) is 3.88. The van der Waals surface area contributed by atoms with Crippen LogP contribution in [0.25, 0.3) is 0 Å². The third-order valence-corrected chi connectivity index (χ3v) is 3.93. The molecule has 1 fully saturated rings. The van der Waals surface area contributed by atoms with Crippen LogP contribution < -0.4 is 5.32 Å². The smallest absolute Gasteiger partial charge is 0.227 e. The van der Waals surface area contributed by atoms with Gasteiger partial charge in [0.2, 0.25) is 5.91 Å². The first-order valence-electron chi connectivity index (χ1n) is 7.37. The van der Waals surface area contributed by atoms with Crippen LogP contribution in [-0.2, 0) is 11.2 Å². The number of amides is 1. The molecule has 2 rings (SSSR count). The molecule has 4 nitrogen and oxygen atoms in total. The average molecular weight is 278 g/mol. The number of aromatic nitrogens is 1. The van der Waals surface area contributed by atoms with Crippen LogP contribution in [0.2, 0.25) is 0 Å². The van der Waals surface area contributed by atoms with E-state index in [-0.39, 0.29) is 29.2 Å². The minimum Gasteiger partial charge on any atom is -0.361 e. The van der Waals surface area contributed by atoms with E-state index in [0.717, 1.165) is 18.5 Å². The van der Waals surface area contributed by atoms with Crippen LogP contribution in [0.1, 0.15) is 58.4 Å². The Kier molecular flexibility index (Phi) is 3.94. The van der Waals surface area contributed by atoms with Gasteiger partial charge in [-0.05, 0) is 37.0 Å². The van der Waals surface area contributed by atoms with Crippen molar-refractivity contribution in [1.29, 1.82) is 0 Å². The fraction of sp³-hybridized carbons (Fsp3) is 0.750. The van der Waals surface area contributed by atoms with Crippen LogP contribution in [0.5, 0.6) is 0 Å². The second-order valence-electron chi connectivity index (χ2n) is 7.79. The minimum atomic E-state index is 0.0275. The van der Waals surface area contributed by atoms with E-state index in [0.29, 0.717) is 5.76 Å². The number of nitrogens with zero attached hydrogens (tertiary/aromatic N) is 1. The summed E-state index contributed by atoms with van der Waals surface area (Å²) in [6, 6.07) is 2.07. The van der Waals surface area contributed by atoms with Crippen molar-refractivity contribution in [2.75, 3.05) is 0 Å². The number of aryl methyl sites for hydroxylation is 1. The Bertz CT molecular complexity index is 472. The molecule has 1 saturated carbocycles. The van der Waals surface area contributed by atoms with Crippen molar-refractivity contribution in [2.24, 2.45) is 10.8 Å². The van der Waals surface area contributed by atoms with Crippen LogP contribution in [0.3, 0.4) is 0 Å². The standard InChI is InChI=1S/C16H26N2O2/c1-11-6-13(20-18-11)7-14(19)17-12-8-15(2,3)10-16(4,5)9-12/h6,12H,7-10H2,1-5H3,(H,17,19). The van der Waals surface area contributed by atoms with Crippen molar-refractivity contribution in [3.63, 3.8) is 0 Å². The summed E-state index contributed by atoms with van der Waals surface area (Å²) in [6.07, 6.45) is 3.56. The maximum atomic E-state index is 12.1. The average Bonchev–Trinajstić information content (AvgIpc) is 2.58. The molecule has 20 heavy (non-hydrogen) atoms. The molecule has 1 aromatic rings. The summed E-state index contributed by atoms with van der Waals surface area (Å²) in [5.41, 5.74) is 1.37. The van der Waals surface area contributed by atoms with Crippen molar-refractivity contribution in [3.8, 4) is 0 Å². The highest BCUT2D eigenvalue weighted by Gasteiger charge is 2.38. The number of nitrogens with one attached hydrogen (secondary N) is 1. The van der Waals surface area contributed by atoms with Crippen LogP contribution >= 0.6 is 0 Å². The summed E-state index contributed by atoms with van der Waals surface area (Å²) >= 11 is 0. The molecule has 4 heteroatoms.